The zero-order valence-corrected chi connectivity index (χ0v) is 13.4. The molecule has 0 saturated carbocycles. The number of urea groups is 1. The van der Waals surface area contributed by atoms with Gasteiger partial charge in [0.15, 0.2) is 0 Å². The Kier molecular flexibility index (Phi) is 6.02. The molecule has 0 radical (unpaired) electrons. The zero-order chi connectivity index (χ0) is 16.0. The molecule has 0 saturated heterocycles. The number of nitrogens with one attached hydrogen (secondary N) is 2. The molecule has 2 N–H and O–H groups in total. The fourth-order valence-electron chi connectivity index (χ4n) is 1.75. The minimum absolute atomic E-state index is 0.137. The van der Waals surface area contributed by atoms with E-state index < -0.39 is 0 Å². The van der Waals surface area contributed by atoms with E-state index in [1.807, 2.05) is 32.0 Å². The van der Waals surface area contributed by atoms with Gasteiger partial charge in [0.25, 0.3) is 5.91 Å². The maximum atomic E-state index is 12.2. The lowest BCUT2D eigenvalue weighted by Crippen LogP contribution is -2.28. The number of carbonyl (C=O) groups is 2. The summed E-state index contributed by atoms with van der Waals surface area (Å²) >= 11 is 0. The van der Waals surface area contributed by atoms with Gasteiger partial charge in [-0.2, -0.15) is 0 Å². The Morgan fingerprint density at radius 3 is 2.33 bits per heavy atom. The van der Waals surface area contributed by atoms with Gasteiger partial charge in [0.2, 0.25) is 0 Å². The molecule has 0 fully saturated rings. The third-order valence-electron chi connectivity index (χ3n) is 2.92. The van der Waals surface area contributed by atoms with Gasteiger partial charge >= 0.3 is 6.03 Å². The fraction of sp³-hybridized carbons (Fsp3) is 0.467. The van der Waals surface area contributed by atoms with E-state index in [1.54, 1.807) is 26.2 Å². The first-order valence-electron chi connectivity index (χ1n) is 6.94. The van der Waals surface area contributed by atoms with Crippen LogP contribution in [0.4, 0.5) is 16.2 Å². The summed E-state index contributed by atoms with van der Waals surface area (Å²) in [4.78, 5) is 27.2. The van der Waals surface area contributed by atoms with Crippen molar-refractivity contribution >= 4 is 23.3 Å². The minimum atomic E-state index is -0.229. The van der Waals surface area contributed by atoms with Gasteiger partial charge in [-0.15, -0.1) is 0 Å². The molecule has 6 nitrogen and oxygen atoms in total. The molecule has 0 aliphatic rings. The number of carbonyl (C=O) groups excluding carboxylic acids is 2. The Balaban J connectivity index is 3.06. The first-order valence-corrected chi connectivity index (χ1v) is 6.94. The zero-order valence-electron chi connectivity index (χ0n) is 13.4. The number of amides is 3. The quantitative estimate of drug-likeness (QED) is 0.872. The minimum Gasteiger partial charge on any atom is -0.377 e. The number of hydrogen-bond donors (Lipinski definition) is 2. The molecule has 3 amide bonds. The highest BCUT2D eigenvalue weighted by Gasteiger charge is 2.14. The second-order valence-corrected chi connectivity index (χ2v) is 5.21. The van der Waals surface area contributed by atoms with Crippen LogP contribution in [0.3, 0.4) is 0 Å². The van der Waals surface area contributed by atoms with Crippen molar-refractivity contribution in [2.24, 2.45) is 0 Å². The van der Waals surface area contributed by atoms with E-state index in [1.165, 1.54) is 4.90 Å². The Morgan fingerprint density at radius 2 is 1.81 bits per heavy atom. The van der Waals surface area contributed by atoms with E-state index in [2.05, 4.69) is 10.6 Å². The van der Waals surface area contributed by atoms with Crippen LogP contribution in [0.1, 0.15) is 23.7 Å². The van der Waals surface area contributed by atoms with E-state index in [0.29, 0.717) is 17.8 Å². The molecule has 116 valence electrons. The number of benzene rings is 1. The molecule has 0 aromatic heterocycles. The molecule has 0 atom stereocenters. The average Bonchev–Trinajstić information content (AvgIpc) is 2.44. The highest BCUT2D eigenvalue weighted by molar-refractivity contribution is 6.01. The van der Waals surface area contributed by atoms with Crippen molar-refractivity contribution < 1.29 is 9.59 Å². The van der Waals surface area contributed by atoms with Crippen molar-refractivity contribution in [3.63, 3.8) is 0 Å². The van der Waals surface area contributed by atoms with Crippen LogP contribution in [0.5, 0.6) is 0 Å². The summed E-state index contributed by atoms with van der Waals surface area (Å²) in [6, 6.07) is 5.08. The SMILES string of the molecule is CCCNC(=O)c1cc(NC(=O)N(C)C)ccc1N(C)C. The Morgan fingerprint density at radius 1 is 1.14 bits per heavy atom. The smallest absolute Gasteiger partial charge is 0.321 e. The van der Waals surface area contributed by atoms with Crippen LogP contribution in [-0.2, 0) is 0 Å². The van der Waals surface area contributed by atoms with E-state index in [0.717, 1.165) is 12.1 Å². The summed E-state index contributed by atoms with van der Waals surface area (Å²) < 4.78 is 0. The normalized spacial score (nSPS) is 9.95. The summed E-state index contributed by atoms with van der Waals surface area (Å²) in [6.07, 6.45) is 0.875. The van der Waals surface area contributed by atoms with Gasteiger partial charge in [-0.25, -0.2) is 4.79 Å². The molecule has 1 aromatic carbocycles. The molecular formula is C15H24N4O2. The van der Waals surface area contributed by atoms with Gasteiger partial charge in [-0.1, -0.05) is 6.92 Å². The van der Waals surface area contributed by atoms with Crippen molar-refractivity contribution in [3.8, 4) is 0 Å². The monoisotopic (exact) mass is 292 g/mol. The van der Waals surface area contributed by atoms with Gasteiger partial charge in [-0.3, -0.25) is 4.79 Å². The van der Waals surface area contributed by atoms with Crippen LogP contribution < -0.4 is 15.5 Å². The molecule has 6 heteroatoms. The summed E-state index contributed by atoms with van der Waals surface area (Å²) in [5.41, 5.74) is 1.96. The van der Waals surface area contributed by atoms with Crippen LogP contribution in [-0.4, -0.2) is 51.6 Å². The van der Waals surface area contributed by atoms with Gasteiger partial charge in [0, 0.05) is 46.1 Å². The van der Waals surface area contributed by atoms with Gasteiger partial charge in [0.05, 0.1) is 5.56 Å². The third-order valence-corrected chi connectivity index (χ3v) is 2.92. The molecule has 1 aromatic rings. The molecule has 0 aliphatic carbocycles. The molecule has 0 aliphatic heterocycles. The number of nitrogens with zero attached hydrogens (tertiary/aromatic N) is 2. The van der Waals surface area contributed by atoms with Crippen LogP contribution in [0, 0.1) is 0 Å². The molecule has 0 bridgehead atoms. The van der Waals surface area contributed by atoms with E-state index >= 15 is 0 Å². The molecule has 0 spiro atoms. The van der Waals surface area contributed by atoms with Crippen molar-refractivity contribution in [1.29, 1.82) is 0 Å². The Labute approximate surface area is 126 Å². The fourth-order valence-corrected chi connectivity index (χ4v) is 1.75. The lowest BCUT2D eigenvalue weighted by atomic mass is 10.1. The number of hydrogen-bond acceptors (Lipinski definition) is 3. The topological polar surface area (TPSA) is 64.7 Å². The van der Waals surface area contributed by atoms with Gasteiger partial charge in [-0.05, 0) is 24.6 Å². The molecule has 0 unspecified atom stereocenters. The average molecular weight is 292 g/mol. The summed E-state index contributed by atoms with van der Waals surface area (Å²) in [5, 5.41) is 5.61. The first-order chi connectivity index (χ1) is 9.86. The van der Waals surface area contributed by atoms with Crippen molar-refractivity contribution in [1.82, 2.24) is 10.2 Å². The van der Waals surface area contributed by atoms with Crippen LogP contribution in [0.2, 0.25) is 0 Å². The highest BCUT2D eigenvalue weighted by atomic mass is 16.2. The largest absolute Gasteiger partial charge is 0.377 e. The highest BCUT2D eigenvalue weighted by Crippen LogP contribution is 2.23. The van der Waals surface area contributed by atoms with Crippen LogP contribution in [0.25, 0.3) is 0 Å². The summed E-state index contributed by atoms with van der Waals surface area (Å²) in [6.45, 7) is 2.63. The molecule has 0 heterocycles. The third kappa shape index (κ3) is 4.66. The lowest BCUT2D eigenvalue weighted by Gasteiger charge is -2.19. The summed E-state index contributed by atoms with van der Waals surface area (Å²) in [7, 11) is 7.09. The first kappa shape index (κ1) is 16.8. The molecular weight excluding hydrogens is 268 g/mol. The van der Waals surface area contributed by atoms with Crippen LogP contribution >= 0.6 is 0 Å². The summed E-state index contributed by atoms with van der Waals surface area (Å²) in [5.74, 6) is -0.137. The van der Waals surface area contributed by atoms with Gasteiger partial charge in [0.1, 0.15) is 0 Å². The molecule has 21 heavy (non-hydrogen) atoms. The Hall–Kier alpha value is -2.24. The maximum Gasteiger partial charge on any atom is 0.321 e. The standard InChI is InChI=1S/C15H24N4O2/c1-6-9-16-14(20)12-10-11(17-15(21)19(4)5)7-8-13(12)18(2)3/h7-8,10H,6,9H2,1-5H3,(H,16,20)(H,17,21). The van der Waals surface area contributed by atoms with Gasteiger partial charge < -0.3 is 20.4 Å². The predicted octanol–water partition coefficient (Wildman–Crippen LogP) is 1.99. The van der Waals surface area contributed by atoms with E-state index in [9.17, 15) is 9.59 Å². The number of anilines is 2. The molecule has 1 rings (SSSR count). The van der Waals surface area contributed by atoms with Crippen molar-refractivity contribution in [2.45, 2.75) is 13.3 Å². The predicted molar refractivity (Wildman–Crippen MR) is 86.1 cm³/mol. The van der Waals surface area contributed by atoms with E-state index in [-0.39, 0.29) is 11.9 Å². The van der Waals surface area contributed by atoms with Crippen molar-refractivity contribution in [2.75, 3.05) is 45.0 Å². The maximum absolute atomic E-state index is 12.2. The second kappa shape index (κ2) is 7.52. The van der Waals surface area contributed by atoms with Crippen LogP contribution in [0.15, 0.2) is 18.2 Å². The van der Waals surface area contributed by atoms with E-state index in [4.69, 9.17) is 0 Å². The van der Waals surface area contributed by atoms with Crippen molar-refractivity contribution in [3.05, 3.63) is 23.8 Å². The second-order valence-electron chi connectivity index (χ2n) is 5.21. The Bertz CT molecular complexity index is 512. The number of rotatable bonds is 5. The lowest BCUT2D eigenvalue weighted by molar-refractivity contribution is 0.0954.